The predicted octanol–water partition coefficient (Wildman–Crippen LogP) is 3.99. The first kappa shape index (κ1) is 24.7. The van der Waals surface area contributed by atoms with Gasteiger partial charge in [0, 0.05) is 6.54 Å². The third-order valence-corrected chi connectivity index (χ3v) is 4.87. The van der Waals surface area contributed by atoms with Crippen molar-refractivity contribution in [3.63, 3.8) is 0 Å². The molecule has 180 valence electrons. The normalized spacial score (nSPS) is 10.7. The summed E-state index contributed by atoms with van der Waals surface area (Å²) in [6, 6.07) is 12.5. The lowest BCUT2D eigenvalue weighted by Gasteiger charge is -2.09. The van der Waals surface area contributed by atoms with Crippen LogP contribution in [0.3, 0.4) is 0 Å². The SMILES string of the molecule is Cc1noc(C)c1COc1ccc(C(=O)OCC(=O)NCCc2ccc(OC(F)F)cc2)cc1. The zero-order valence-corrected chi connectivity index (χ0v) is 18.7. The first-order valence-corrected chi connectivity index (χ1v) is 10.4. The maximum atomic E-state index is 12.2. The van der Waals surface area contributed by atoms with Crippen molar-refractivity contribution in [3.05, 3.63) is 76.7 Å². The minimum absolute atomic E-state index is 0.0646. The molecule has 3 rings (SSSR count). The lowest BCUT2D eigenvalue weighted by atomic mass is 10.1. The van der Waals surface area contributed by atoms with Crippen molar-refractivity contribution in [1.82, 2.24) is 10.5 Å². The second-order valence-corrected chi connectivity index (χ2v) is 7.31. The van der Waals surface area contributed by atoms with Gasteiger partial charge in [-0.25, -0.2) is 4.79 Å². The molecule has 0 spiro atoms. The molecule has 0 atom stereocenters. The number of esters is 1. The van der Waals surface area contributed by atoms with Crippen LogP contribution in [0, 0.1) is 13.8 Å². The van der Waals surface area contributed by atoms with Crippen LogP contribution in [0.5, 0.6) is 11.5 Å². The monoisotopic (exact) mass is 474 g/mol. The highest BCUT2D eigenvalue weighted by atomic mass is 19.3. The number of carbonyl (C=O) groups is 2. The summed E-state index contributed by atoms with van der Waals surface area (Å²) in [4.78, 5) is 24.1. The molecule has 0 aliphatic rings. The van der Waals surface area contributed by atoms with E-state index in [1.165, 1.54) is 12.1 Å². The molecule has 0 saturated heterocycles. The minimum Gasteiger partial charge on any atom is -0.489 e. The Morgan fingerprint density at radius 2 is 1.71 bits per heavy atom. The molecule has 0 aliphatic heterocycles. The highest BCUT2D eigenvalue weighted by Gasteiger charge is 2.12. The van der Waals surface area contributed by atoms with E-state index in [0.717, 1.165) is 16.8 Å². The van der Waals surface area contributed by atoms with Crippen LogP contribution in [-0.2, 0) is 22.6 Å². The van der Waals surface area contributed by atoms with Crippen LogP contribution in [0.1, 0.15) is 32.9 Å². The van der Waals surface area contributed by atoms with E-state index in [0.29, 0.717) is 31.1 Å². The van der Waals surface area contributed by atoms with E-state index in [4.69, 9.17) is 14.0 Å². The number of aromatic nitrogens is 1. The van der Waals surface area contributed by atoms with Gasteiger partial charge in [-0.1, -0.05) is 17.3 Å². The summed E-state index contributed by atoms with van der Waals surface area (Å²) in [6.07, 6.45) is 0.476. The van der Waals surface area contributed by atoms with Crippen molar-refractivity contribution in [2.75, 3.05) is 13.2 Å². The number of carbonyl (C=O) groups excluding carboxylic acids is 2. The van der Waals surface area contributed by atoms with Crippen molar-refractivity contribution < 1.29 is 37.1 Å². The van der Waals surface area contributed by atoms with Gasteiger partial charge in [-0.15, -0.1) is 0 Å². The summed E-state index contributed by atoms with van der Waals surface area (Å²) in [5, 5.41) is 6.50. The summed E-state index contributed by atoms with van der Waals surface area (Å²) in [5.41, 5.74) is 2.74. The minimum atomic E-state index is -2.88. The number of rotatable bonds is 11. The van der Waals surface area contributed by atoms with Gasteiger partial charge in [-0.05, 0) is 62.2 Å². The van der Waals surface area contributed by atoms with E-state index < -0.39 is 25.1 Å². The Labute approximate surface area is 194 Å². The zero-order chi connectivity index (χ0) is 24.5. The number of aryl methyl sites for hydroxylation is 2. The van der Waals surface area contributed by atoms with Gasteiger partial charge in [0.15, 0.2) is 6.61 Å². The average Bonchev–Trinajstić information content (AvgIpc) is 3.14. The van der Waals surface area contributed by atoms with Crippen LogP contribution in [0.4, 0.5) is 8.78 Å². The Bertz CT molecular complexity index is 1080. The van der Waals surface area contributed by atoms with Crippen molar-refractivity contribution in [3.8, 4) is 11.5 Å². The van der Waals surface area contributed by atoms with Gasteiger partial charge in [0.1, 0.15) is 23.9 Å². The van der Waals surface area contributed by atoms with Crippen molar-refractivity contribution in [2.45, 2.75) is 33.5 Å². The predicted molar refractivity (Wildman–Crippen MR) is 117 cm³/mol. The number of hydrogen-bond acceptors (Lipinski definition) is 7. The second-order valence-electron chi connectivity index (χ2n) is 7.31. The summed E-state index contributed by atoms with van der Waals surface area (Å²) in [5.74, 6) is 0.221. The molecule has 1 heterocycles. The number of hydrogen-bond donors (Lipinski definition) is 1. The maximum Gasteiger partial charge on any atom is 0.387 e. The molecule has 8 nitrogen and oxygen atoms in total. The molecule has 1 aromatic heterocycles. The number of nitrogens with zero attached hydrogens (tertiary/aromatic N) is 1. The molecular weight excluding hydrogens is 450 g/mol. The summed E-state index contributed by atoms with van der Waals surface area (Å²) >= 11 is 0. The molecule has 1 amide bonds. The molecule has 0 aliphatic carbocycles. The molecule has 0 saturated carbocycles. The Morgan fingerprint density at radius 1 is 1.03 bits per heavy atom. The van der Waals surface area contributed by atoms with E-state index in [9.17, 15) is 18.4 Å². The Hall–Kier alpha value is -3.95. The van der Waals surface area contributed by atoms with E-state index >= 15 is 0 Å². The number of halogens is 2. The van der Waals surface area contributed by atoms with Crippen molar-refractivity contribution in [2.24, 2.45) is 0 Å². The Morgan fingerprint density at radius 3 is 2.32 bits per heavy atom. The van der Waals surface area contributed by atoms with Gasteiger partial charge in [-0.2, -0.15) is 8.78 Å². The molecule has 0 unspecified atom stereocenters. The van der Waals surface area contributed by atoms with E-state index in [-0.39, 0.29) is 11.3 Å². The van der Waals surface area contributed by atoms with Crippen LogP contribution in [0.15, 0.2) is 53.1 Å². The van der Waals surface area contributed by atoms with Gasteiger partial charge in [-0.3, -0.25) is 4.79 Å². The van der Waals surface area contributed by atoms with Gasteiger partial charge < -0.3 is 24.1 Å². The second kappa shape index (κ2) is 11.8. The van der Waals surface area contributed by atoms with Crippen LogP contribution in [0.2, 0.25) is 0 Å². The van der Waals surface area contributed by atoms with Crippen LogP contribution >= 0.6 is 0 Å². The summed E-state index contributed by atoms with van der Waals surface area (Å²) < 4.78 is 44.4. The molecule has 0 radical (unpaired) electrons. The quantitative estimate of drug-likeness (QED) is 0.420. The Kier molecular flexibility index (Phi) is 8.55. The number of benzene rings is 2. The third-order valence-electron chi connectivity index (χ3n) is 4.87. The van der Waals surface area contributed by atoms with E-state index in [1.54, 1.807) is 43.3 Å². The standard InChI is InChI=1S/C24H24F2N2O6/c1-15-21(16(2)34-28-15)13-31-19-9-5-18(6-10-19)23(30)32-14-22(29)27-12-11-17-3-7-20(8-4-17)33-24(25)26/h3-10,24H,11-14H2,1-2H3,(H,27,29). The van der Waals surface area contributed by atoms with Crippen LogP contribution in [-0.4, -0.2) is 36.8 Å². The van der Waals surface area contributed by atoms with Gasteiger partial charge in [0.2, 0.25) is 0 Å². The molecule has 1 N–H and O–H groups in total. The molecule has 0 bridgehead atoms. The van der Waals surface area contributed by atoms with E-state index in [1.807, 2.05) is 6.92 Å². The Balaban J connectivity index is 1.37. The molecule has 2 aromatic carbocycles. The maximum absolute atomic E-state index is 12.2. The summed E-state index contributed by atoms with van der Waals surface area (Å²) in [7, 11) is 0. The number of amides is 1. The molecule has 34 heavy (non-hydrogen) atoms. The fourth-order valence-corrected chi connectivity index (χ4v) is 3.00. The van der Waals surface area contributed by atoms with Crippen LogP contribution in [0.25, 0.3) is 0 Å². The summed E-state index contributed by atoms with van der Waals surface area (Å²) in [6.45, 7) is 0.916. The highest BCUT2D eigenvalue weighted by molar-refractivity contribution is 5.91. The number of nitrogens with one attached hydrogen (secondary N) is 1. The first-order valence-electron chi connectivity index (χ1n) is 10.4. The lowest BCUT2D eigenvalue weighted by Crippen LogP contribution is -2.30. The topological polar surface area (TPSA) is 99.9 Å². The van der Waals surface area contributed by atoms with Crippen molar-refractivity contribution >= 4 is 11.9 Å². The number of ether oxygens (including phenoxy) is 3. The number of alkyl halides is 2. The zero-order valence-electron chi connectivity index (χ0n) is 18.7. The molecule has 3 aromatic rings. The molecule has 10 heteroatoms. The smallest absolute Gasteiger partial charge is 0.387 e. The first-order chi connectivity index (χ1) is 16.3. The fraction of sp³-hybridized carbons (Fsp3) is 0.292. The highest BCUT2D eigenvalue weighted by Crippen LogP contribution is 2.18. The van der Waals surface area contributed by atoms with E-state index in [2.05, 4.69) is 15.2 Å². The van der Waals surface area contributed by atoms with Gasteiger partial charge in [0.25, 0.3) is 5.91 Å². The molecular formula is C24H24F2N2O6. The largest absolute Gasteiger partial charge is 0.489 e. The van der Waals surface area contributed by atoms with Gasteiger partial charge >= 0.3 is 12.6 Å². The molecule has 0 fully saturated rings. The van der Waals surface area contributed by atoms with Crippen molar-refractivity contribution in [1.29, 1.82) is 0 Å². The van der Waals surface area contributed by atoms with Gasteiger partial charge in [0.05, 0.1) is 16.8 Å². The third kappa shape index (κ3) is 7.29. The fourth-order valence-electron chi connectivity index (χ4n) is 3.00. The lowest BCUT2D eigenvalue weighted by molar-refractivity contribution is -0.124. The van der Waals surface area contributed by atoms with Crippen LogP contribution < -0.4 is 14.8 Å². The average molecular weight is 474 g/mol.